The molecule has 7 nitrogen and oxygen atoms in total. The minimum absolute atomic E-state index is 0.0868. The minimum atomic E-state index is -0.908. The second-order valence-electron chi connectivity index (χ2n) is 7.58. The Bertz CT molecular complexity index is 1070. The molecule has 166 valence electrons. The molecule has 4 rings (SSSR count). The molecular formula is C25H26N2O5. The smallest absolute Gasteiger partial charge is 0.306 e. The molecule has 0 fully saturated rings. The lowest BCUT2D eigenvalue weighted by Gasteiger charge is -2.17. The SMILES string of the molecule is CCO[C@@H](CC(=O)O)c1ccc(O[C@@H]2CCc3c(-c4ccc(OC)nc4)cccc32)nc1. The fourth-order valence-corrected chi connectivity index (χ4v) is 4.10. The number of carboxylic acids is 1. The van der Waals surface area contributed by atoms with Crippen LogP contribution in [0.5, 0.6) is 11.8 Å². The van der Waals surface area contributed by atoms with Crippen molar-refractivity contribution in [2.45, 2.75) is 38.4 Å². The maximum atomic E-state index is 11.1. The van der Waals surface area contributed by atoms with Crippen LogP contribution in [0, 0.1) is 0 Å². The van der Waals surface area contributed by atoms with E-state index in [-0.39, 0.29) is 12.5 Å². The zero-order valence-electron chi connectivity index (χ0n) is 18.2. The first-order valence-electron chi connectivity index (χ1n) is 10.7. The lowest BCUT2D eigenvalue weighted by atomic mass is 9.98. The van der Waals surface area contributed by atoms with Gasteiger partial charge in [-0.3, -0.25) is 4.79 Å². The van der Waals surface area contributed by atoms with Crippen molar-refractivity contribution in [2.75, 3.05) is 13.7 Å². The Morgan fingerprint density at radius 3 is 2.59 bits per heavy atom. The van der Waals surface area contributed by atoms with Crippen LogP contribution >= 0.6 is 0 Å². The third-order valence-electron chi connectivity index (χ3n) is 5.59. The summed E-state index contributed by atoms with van der Waals surface area (Å²) in [6.07, 6.45) is 4.52. The number of rotatable bonds is 9. The number of aromatic nitrogens is 2. The number of methoxy groups -OCH3 is 1. The molecule has 2 atom stereocenters. The first kappa shape index (κ1) is 21.8. The van der Waals surface area contributed by atoms with Gasteiger partial charge in [-0.1, -0.05) is 18.2 Å². The number of ether oxygens (including phenoxy) is 3. The molecule has 0 amide bonds. The fraction of sp³-hybridized carbons (Fsp3) is 0.320. The highest BCUT2D eigenvalue weighted by molar-refractivity contribution is 5.69. The Hall–Kier alpha value is -3.45. The fourth-order valence-electron chi connectivity index (χ4n) is 4.10. The van der Waals surface area contributed by atoms with E-state index >= 15 is 0 Å². The van der Waals surface area contributed by atoms with Gasteiger partial charge in [-0.2, -0.15) is 0 Å². The number of fused-ring (bicyclic) bond motifs is 1. The van der Waals surface area contributed by atoms with E-state index in [9.17, 15) is 4.79 Å². The van der Waals surface area contributed by atoms with Gasteiger partial charge in [0.2, 0.25) is 11.8 Å². The zero-order chi connectivity index (χ0) is 22.5. The lowest BCUT2D eigenvalue weighted by Crippen LogP contribution is -2.11. The lowest BCUT2D eigenvalue weighted by molar-refractivity contribution is -0.140. The van der Waals surface area contributed by atoms with Gasteiger partial charge in [-0.05, 0) is 54.2 Å². The van der Waals surface area contributed by atoms with Gasteiger partial charge in [0.1, 0.15) is 6.10 Å². The van der Waals surface area contributed by atoms with Crippen molar-refractivity contribution in [3.8, 4) is 22.9 Å². The Morgan fingerprint density at radius 1 is 1.12 bits per heavy atom. The highest BCUT2D eigenvalue weighted by atomic mass is 16.5. The van der Waals surface area contributed by atoms with Gasteiger partial charge in [-0.15, -0.1) is 0 Å². The van der Waals surface area contributed by atoms with Crippen LogP contribution in [-0.2, 0) is 16.0 Å². The highest BCUT2D eigenvalue weighted by Crippen LogP contribution is 2.40. The van der Waals surface area contributed by atoms with Crippen LogP contribution in [0.25, 0.3) is 11.1 Å². The van der Waals surface area contributed by atoms with Gasteiger partial charge in [-0.25, -0.2) is 9.97 Å². The third-order valence-corrected chi connectivity index (χ3v) is 5.59. The maximum absolute atomic E-state index is 11.1. The van der Waals surface area contributed by atoms with Crippen LogP contribution in [0.4, 0.5) is 0 Å². The Labute approximate surface area is 187 Å². The van der Waals surface area contributed by atoms with Crippen molar-refractivity contribution in [3.05, 3.63) is 71.5 Å². The van der Waals surface area contributed by atoms with Crippen molar-refractivity contribution in [1.29, 1.82) is 0 Å². The van der Waals surface area contributed by atoms with Gasteiger partial charge in [0, 0.05) is 36.7 Å². The molecule has 32 heavy (non-hydrogen) atoms. The Balaban J connectivity index is 1.51. The standard InChI is InChI=1S/C25H26N2O5/c1-3-31-22(13-25(28)29)17-8-12-24(27-15-17)32-21-10-9-19-18(5-4-6-20(19)21)16-7-11-23(30-2)26-14-16/h4-8,11-12,14-15,21-22H,3,9-10,13H2,1-2H3,(H,28,29)/t21-,22+/m1/s1. The first-order chi connectivity index (χ1) is 15.6. The van der Waals surface area contributed by atoms with Crippen LogP contribution in [-0.4, -0.2) is 34.8 Å². The van der Waals surface area contributed by atoms with Crippen LogP contribution in [0.15, 0.2) is 54.9 Å². The van der Waals surface area contributed by atoms with Crippen LogP contribution in [0.3, 0.4) is 0 Å². The number of nitrogens with zero attached hydrogens (tertiary/aromatic N) is 2. The number of hydrogen-bond acceptors (Lipinski definition) is 6. The molecule has 1 aromatic carbocycles. The van der Waals surface area contributed by atoms with Crippen LogP contribution in [0.2, 0.25) is 0 Å². The number of carbonyl (C=O) groups is 1. The number of pyridine rings is 2. The second kappa shape index (κ2) is 9.78. The maximum Gasteiger partial charge on any atom is 0.306 e. The number of carboxylic acid groups (broad SMARTS) is 1. The average Bonchev–Trinajstić information content (AvgIpc) is 3.22. The molecule has 0 bridgehead atoms. The van der Waals surface area contributed by atoms with E-state index in [0.29, 0.717) is 18.4 Å². The van der Waals surface area contributed by atoms with Crippen molar-refractivity contribution in [2.24, 2.45) is 0 Å². The Kier molecular flexibility index (Phi) is 6.66. The van der Waals surface area contributed by atoms with E-state index in [1.165, 1.54) is 5.56 Å². The molecule has 0 aliphatic heterocycles. The molecule has 3 aromatic rings. The molecule has 0 saturated carbocycles. The molecule has 1 aliphatic carbocycles. The first-order valence-corrected chi connectivity index (χ1v) is 10.7. The quantitative estimate of drug-likeness (QED) is 0.519. The Morgan fingerprint density at radius 2 is 1.94 bits per heavy atom. The van der Waals surface area contributed by atoms with Crippen molar-refractivity contribution >= 4 is 5.97 Å². The van der Waals surface area contributed by atoms with Crippen molar-refractivity contribution < 1.29 is 24.1 Å². The van der Waals surface area contributed by atoms with Crippen molar-refractivity contribution in [1.82, 2.24) is 9.97 Å². The summed E-state index contributed by atoms with van der Waals surface area (Å²) in [7, 11) is 1.61. The average molecular weight is 434 g/mol. The van der Waals surface area contributed by atoms with Gasteiger partial charge in [0.15, 0.2) is 0 Å². The van der Waals surface area contributed by atoms with E-state index in [0.717, 1.165) is 35.1 Å². The summed E-state index contributed by atoms with van der Waals surface area (Å²) in [5.74, 6) is 0.190. The predicted octanol–water partition coefficient (Wildman–Crippen LogP) is 4.77. The van der Waals surface area contributed by atoms with E-state index in [1.807, 2.05) is 37.4 Å². The van der Waals surface area contributed by atoms with Crippen LogP contribution < -0.4 is 9.47 Å². The minimum Gasteiger partial charge on any atom is -0.481 e. The summed E-state index contributed by atoms with van der Waals surface area (Å²) in [6.45, 7) is 2.27. The largest absolute Gasteiger partial charge is 0.481 e. The van der Waals surface area contributed by atoms with Crippen molar-refractivity contribution in [3.63, 3.8) is 0 Å². The van der Waals surface area contributed by atoms with Gasteiger partial charge in [0.05, 0.1) is 19.6 Å². The summed E-state index contributed by atoms with van der Waals surface area (Å²) in [5, 5.41) is 9.10. The number of benzene rings is 1. The molecule has 2 aromatic heterocycles. The molecule has 1 N–H and O–H groups in total. The third kappa shape index (κ3) is 4.73. The summed E-state index contributed by atoms with van der Waals surface area (Å²) in [5.41, 5.74) is 5.34. The van der Waals surface area contributed by atoms with E-state index < -0.39 is 12.1 Å². The normalized spacial score (nSPS) is 15.8. The molecule has 7 heteroatoms. The molecule has 0 unspecified atom stereocenters. The summed E-state index contributed by atoms with van der Waals surface area (Å²) >= 11 is 0. The van der Waals surface area contributed by atoms with Gasteiger partial charge in [0.25, 0.3) is 0 Å². The molecular weight excluding hydrogens is 408 g/mol. The molecule has 1 aliphatic rings. The van der Waals surface area contributed by atoms with E-state index in [4.69, 9.17) is 19.3 Å². The molecule has 0 radical (unpaired) electrons. The van der Waals surface area contributed by atoms with Gasteiger partial charge >= 0.3 is 5.97 Å². The molecule has 0 saturated heterocycles. The topological polar surface area (TPSA) is 90.8 Å². The summed E-state index contributed by atoms with van der Waals surface area (Å²) in [4.78, 5) is 19.8. The number of hydrogen-bond donors (Lipinski definition) is 1. The van der Waals surface area contributed by atoms with E-state index in [1.54, 1.807) is 19.4 Å². The number of aliphatic carboxylic acids is 1. The second-order valence-corrected chi connectivity index (χ2v) is 7.58. The van der Waals surface area contributed by atoms with E-state index in [2.05, 4.69) is 22.1 Å². The highest BCUT2D eigenvalue weighted by Gasteiger charge is 2.27. The van der Waals surface area contributed by atoms with Gasteiger partial charge < -0.3 is 19.3 Å². The van der Waals surface area contributed by atoms with Crippen LogP contribution in [0.1, 0.15) is 48.7 Å². The zero-order valence-corrected chi connectivity index (χ0v) is 18.2. The predicted molar refractivity (Wildman–Crippen MR) is 119 cm³/mol. The monoisotopic (exact) mass is 434 g/mol. The molecule has 0 spiro atoms. The summed E-state index contributed by atoms with van der Waals surface area (Å²) < 4.78 is 16.9. The summed E-state index contributed by atoms with van der Waals surface area (Å²) in [6, 6.07) is 13.7. The molecule has 2 heterocycles.